The zero-order valence-corrected chi connectivity index (χ0v) is 18.9. The lowest BCUT2D eigenvalue weighted by Gasteiger charge is -2.31. The van der Waals surface area contributed by atoms with E-state index in [1.165, 1.54) is 6.07 Å². The van der Waals surface area contributed by atoms with Gasteiger partial charge in [-0.15, -0.1) is 11.3 Å². The summed E-state index contributed by atoms with van der Waals surface area (Å²) in [4.78, 5) is 7.09. The second kappa shape index (κ2) is 9.25. The molecule has 3 nitrogen and oxygen atoms in total. The van der Waals surface area contributed by atoms with Crippen molar-refractivity contribution in [3.05, 3.63) is 88.7 Å². The predicted molar refractivity (Wildman–Crippen MR) is 125 cm³/mol. The number of rotatable bonds is 5. The van der Waals surface area contributed by atoms with Crippen LogP contribution in [0.2, 0.25) is 0 Å². The number of hydrogen-bond acceptors (Lipinski definition) is 4. The Bertz CT molecular complexity index is 1250. The summed E-state index contributed by atoms with van der Waals surface area (Å²) in [7, 11) is 2.10. The third-order valence-corrected chi connectivity index (χ3v) is 7.14. The number of thiazole rings is 1. The van der Waals surface area contributed by atoms with Crippen LogP contribution in [0, 0.1) is 17.5 Å². The normalized spacial score (nSPS) is 16.4. The summed E-state index contributed by atoms with van der Waals surface area (Å²) in [6.07, 6.45) is 1.45. The van der Waals surface area contributed by atoms with Crippen molar-refractivity contribution in [2.45, 2.75) is 25.0 Å². The van der Waals surface area contributed by atoms with Gasteiger partial charge in [0, 0.05) is 18.7 Å². The van der Waals surface area contributed by atoms with Crippen molar-refractivity contribution in [1.82, 2.24) is 9.88 Å². The van der Waals surface area contributed by atoms with Gasteiger partial charge in [-0.25, -0.2) is 18.2 Å². The number of para-hydroxylation sites is 1. The first-order valence-corrected chi connectivity index (χ1v) is 11.7. The average molecular weight is 469 g/mol. The van der Waals surface area contributed by atoms with Gasteiger partial charge in [-0.3, -0.25) is 0 Å². The van der Waals surface area contributed by atoms with Crippen LogP contribution in [-0.4, -0.2) is 36.1 Å². The Morgan fingerprint density at radius 1 is 0.970 bits per heavy atom. The zero-order valence-electron chi connectivity index (χ0n) is 18.1. The highest BCUT2D eigenvalue weighted by Gasteiger charge is 2.26. The van der Waals surface area contributed by atoms with Gasteiger partial charge in [0.1, 0.15) is 11.1 Å². The Morgan fingerprint density at radius 2 is 1.76 bits per heavy atom. The molecule has 33 heavy (non-hydrogen) atoms. The van der Waals surface area contributed by atoms with Crippen LogP contribution >= 0.6 is 11.3 Å². The van der Waals surface area contributed by atoms with Crippen LogP contribution in [0.25, 0.3) is 21.3 Å². The van der Waals surface area contributed by atoms with Crippen molar-refractivity contribution < 1.29 is 17.9 Å². The number of piperidine rings is 1. The molecule has 3 aromatic carbocycles. The fourth-order valence-electron chi connectivity index (χ4n) is 4.21. The first-order valence-electron chi connectivity index (χ1n) is 10.9. The molecule has 0 N–H and O–H groups in total. The number of halogens is 3. The van der Waals surface area contributed by atoms with Crippen molar-refractivity contribution in [2.75, 3.05) is 20.1 Å². The van der Waals surface area contributed by atoms with E-state index in [1.807, 2.05) is 30.3 Å². The molecule has 7 heteroatoms. The molecule has 0 spiro atoms. The molecule has 170 valence electrons. The fraction of sp³-hybridized carbons (Fsp3) is 0.269. The van der Waals surface area contributed by atoms with Gasteiger partial charge >= 0.3 is 0 Å². The molecule has 0 radical (unpaired) electrons. The van der Waals surface area contributed by atoms with Gasteiger partial charge in [0.15, 0.2) is 17.5 Å². The molecular weight excluding hydrogens is 445 g/mol. The fourth-order valence-corrected chi connectivity index (χ4v) is 5.25. The maximum Gasteiger partial charge on any atom is 0.195 e. The van der Waals surface area contributed by atoms with Gasteiger partial charge < -0.3 is 9.64 Å². The van der Waals surface area contributed by atoms with E-state index in [0.717, 1.165) is 52.8 Å². The lowest BCUT2D eigenvalue weighted by atomic mass is 9.99. The zero-order chi connectivity index (χ0) is 22.9. The third kappa shape index (κ3) is 4.53. The van der Waals surface area contributed by atoms with Crippen LogP contribution in [0.1, 0.15) is 29.5 Å². The van der Waals surface area contributed by atoms with Crippen LogP contribution in [0.3, 0.4) is 0 Å². The van der Waals surface area contributed by atoms with Crippen LogP contribution in [0.4, 0.5) is 13.2 Å². The summed E-state index contributed by atoms with van der Waals surface area (Å²) in [5.74, 6) is -3.87. The Kier molecular flexibility index (Phi) is 6.19. The minimum atomic E-state index is -1.47. The van der Waals surface area contributed by atoms with Crippen LogP contribution < -0.4 is 0 Å². The van der Waals surface area contributed by atoms with Gasteiger partial charge in [0.05, 0.1) is 16.3 Å². The molecule has 0 saturated carbocycles. The smallest absolute Gasteiger partial charge is 0.195 e. The highest BCUT2D eigenvalue weighted by molar-refractivity contribution is 7.18. The molecule has 4 aromatic rings. The van der Waals surface area contributed by atoms with E-state index in [4.69, 9.17) is 9.72 Å². The molecule has 1 saturated heterocycles. The van der Waals surface area contributed by atoms with E-state index in [9.17, 15) is 13.2 Å². The molecule has 1 aliphatic heterocycles. The average Bonchev–Trinajstić information content (AvgIpc) is 3.26. The van der Waals surface area contributed by atoms with Crippen molar-refractivity contribution >= 4 is 21.6 Å². The number of likely N-dealkylation sites (tertiary alicyclic amines) is 1. The molecule has 1 aromatic heterocycles. The van der Waals surface area contributed by atoms with E-state index >= 15 is 0 Å². The second-order valence-corrected chi connectivity index (χ2v) is 9.45. The van der Waals surface area contributed by atoms with Crippen molar-refractivity contribution in [3.63, 3.8) is 0 Å². The molecule has 0 bridgehead atoms. The predicted octanol–water partition coefficient (Wildman–Crippen LogP) is 6.58. The molecule has 1 atom stereocenters. The number of hydrogen-bond donors (Lipinski definition) is 0. The summed E-state index contributed by atoms with van der Waals surface area (Å²) in [6.45, 7) is 1.91. The molecule has 0 aliphatic carbocycles. The van der Waals surface area contributed by atoms with Crippen molar-refractivity contribution in [2.24, 2.45) is 0 Å². The number of fused-ring (bicyclic) bond motifs is 1. The Hall–Kier alpha value is -2.74. The van der Waals surface area contributed by atoms with Crippen LogP contribution in [0.15, 0.2) is 60.7 Å². The maximum atomic E-state index is 14.5. The molecule has 1 aliphatic rings. The van der Waals surface area contributed by atoms with Crippen LogP contribution in [-0.2, 0) is 4.74 Å². The van der Waals surface area contributed by atoms with Gasteiger partial charge in [0.25, 0.3) is 0 Å². The SMILES string of the molecule is CN1CCC(OC(c2cccc(-c3ccc(F)c(F)c3F)c2)c2nc3ccccc3s2)CC1. The highest BCUT2D eigenvalue weighted by Crippen LogP contribution is 2.37. The monoisotopic (exact) mass is 468 g/mol. The topological polar surface area (TPSA) is 25.4 Å². The summed E-state index contributed by atoms with van der Waals surface area (Å²) < 4.78 is 49.5. The summed E-state index contributed by atoms with van der Waals surface area (Å²) in [5, 5.41) is 0.818. The second-order valence-electron chi connectivity index (χ2n) is 8.39. The maximum absolute atomic E-state index is 14.5. The van der Waals surface area contributed by atoms with E-state index in [0.29, 0.717) is 5.56 Å². The minimum Gasteiger partial charge on any atom is -0.363 e. The number of ether oxygens (including phenoxy) is 1. The molecule has 5 rings (SSSR count). The van der Waals surface area contributed by atoms with Crippen molar-refractivity contribution in [3.8, 4) is 11.1 Å². The van der Waals surface area contributed by atoms with E-state index in [-0.39, 0.29) is 11.7 Å². The molecule has 2 heterocycles. The standard InChI is InChI=1S/C26H23F3N2OS/c1-31-13-11-18(12-14-31)32-25(26-30-21-7-2-3-8-22(21)33-26)17-6-4-5-16(15-17)19-9-10-20(27)24(29)23(19)28/h2-10,15,18,25H,11-14H2,1H3. The lowest BCUT2D eigenvalue weighted by Crippen LogP contribution is -2.35. The summed E-state index contributed by atoms with van der Waals surface area (Å²) in [5.41, 5.74) is 2.17. The Balaban J connectivity index is 1.55. The number of aromatic nitrogens is 1. The molecule has 1 fully saturated rings. The Morgan fingerprint density at radius 3 is 2.55 bits per heavy atom. The summed E-state index contributed by atoms with van der Waals surface area (Å²) >= 11 is 1.57. The quantitative estimate of drug-likeness (QED) is 0.309. The first-order chi connectivity index (χ1) is 16.0. The van der Waals surface area contributed by atoms with Crippen LogP contribution in [0.5, 0.6) is 0 Å². The molecular formula is C26H23F3N2OS. The highest BCUT2D eigenvalue weighted by atomic mass is 32.1. The lowest BCUT2D eigenvalue weighted by molar-refractivity contribution is -0.0234. The van der Waals surface area contributed by atoms with Gasteiger partial charge in [0.2, 0.25) is 0 Å². The van der Waals surface area contributed by atoms with E-state index in [2.05, 4.69) is 11.9 Å². The Labute approximate surface area is 194 Å². The van der Waals surface area contributed by atoms with Gasteiger partial charge in [-0.2, -0.15) is 0 Å². The largest absolute Gasteiger partial charge is 0.363 e. The van der Waals surface area contributed by atoms with Gasteiger partial charge in [-0.1, -0.05) is 30.3 Å². The molecule has 0 amide bonds. The minimum absolute atomic E-state index is 0.0121. The van der Waals surface area contributed by atoms with E-state index < -0.39 is 23.6 Å². The van der Waals surface area contributed by atoms with E-state index in [1.54, 1.807) is 29.5 Å². The summed E-state index contributed by atoms with van der Waals surface area (Å²) in [6, 6.07) is 17.3. The van der Waals surface area contributed by atoms with Gasteiger partial charge in [-0.05, 0) is 61.3 Å². The van der Waals surface area contributed by atoms with Crippen molar-refractivity contribution in [1.29, 1.82) is 0 Å². The first kappa shape index (κ1) is 22.1. The molecule has 1 unspecified atom stereocenters. The third-order valence-electron chi connectivity index (χ3n) is 6.06. The number of benzene rings is 3. The number of nitrogens with zero attached hydrogens (tertiary/aromatic N) is 2.